The Morgan fingerprint density at radius 2 is 1.75 bits per heavy atom. The Kier molecular flexibility index (Phi) is 6.62. The molecule has 3 N–H and O–H groups in total. The van der Waals surface area contributed by atoms with Gasteiger partial charge in [-0.15, -0.1) is 0 Å². The van der Waals surface area contributed by atoms with Crippen molar-refractivity contribution in [2.75, 3.05) is 5.32 Å². The highest BCUT2D eigenvalue weighted by Crippen LogP contribution is 2.34. The zero-order valence-electron chi connectivity index (χ0n) is 15.3. The highest BCUT2D eigenvalue weighted by Gasteiger charge is 2.32. The summed E-state index contributed by atoms with van der Waals surface area (Å²) in [5.41, 5.74) is -0.0622. The molecule has 1 fully saturated rings. The van der Waals surface area contributed by atoms with Crippen LogP contribution in [0.25, 0.3) is 0 Å². The van der Waals surface area contributed by atoms with Crippen molar-refractivity contribution < 1.29 is 23.3 Å². The number of amides is 1. The Bertz CT molecular complexity index is 805. The fourth-order valence-electron chi connectivity index (χ4n) is 3.62. The van der Waals surface area contributed by atoms with Gasteiger partial charge in [0.2, 0.25) is 0 Å². The van der Waals surface area contributed by atoms with Crippen molar-refractivity contribution in [3.63, 3.8) is 0 Å². The van der Waals surface area contributed by atoms with Crippen molar-refractivity contribution in [1.29, 1.82) is 0 Å². The van der Waals surface area contributed by atoms with Crippen molar-refractivity contribution in [2.24, 2.45) is 0 Å². The largest absolute Gasteiger partial charge is 0.416 e. The van der Waals surface area contributed by atoms with Gasteiger partial charge < -0.3 is 10.6 Å². The summed E-state index contributed by atoms with van der Waals surface area (Å²) in [6.45, 7) is 0. The molecule has 2 aromatic carbocycles. The number of carbonyl (C=O) groups excluding carboxylic acids is 1. The highest BCUT2D eigenvalue weighted by atomic mass is 35.5. The molecule has 150 valence electrons. The number of alkyl halides is 3. The van der Waals surface area contributed by atoms with Crippen molar-refractivity contribution in [3.05, 3.63) is 64.7 Å². The second kappa shape index (κ2) is 8.97. The molecule has 1 saturated carbocycles. The van der Waals surface area contributed by atoms with E-state index in [0.717, 1.165) is 49.4 Å². The zero-order chi connectivity index (χ0) is 20.1. The number of anilines is 1. The van der Waals surface area contributed by atoms with Crippen molar-refractivity contribution >= 4 is 23.2 Å². The van der Waals surface area contributed by atoms with Crippen LogP contribution in [0.4, 0.5) is 18.9 Å². The lowest BCUT2D eigenvalue weighted by Gasteiger charge is -2.25. The van der Waals surface area contributed by atoms with Crippen LogP contribution in [0.2, 0.25) is 5.02 Å². The minimum absolute atomic E-state index is 0.0283. The van der Waals surface area contributed by atoms with Crippen LogP contribution in [-0.2, 0) is 11.0 Å². The van der Waals surface area contributed by atoms with Crippen LogP contribution in [0.5, 0.6) is 0 Å². The van der Waals surface area contributed by atoms with Crippen molar-refractivity contribution in [1.82, 2.24) is 0 Å². The molecule has 0 bridgehead atoms. The van der Waals surface area contributed by atoms with Crippen molar-refractivity contribution in [3.8, 4) is 0 Å². The van der Waals surface area contributed by atoms with Gasteiger partial charge in [-0.2, -0.15) is 13.2 Å². The predicted molar refractivity (Wildman–Crippen MR) is 103 cm³/mol. The third kappa shape index (κ3) is 5.26. The van der Waals surface area contributed by atoms with Crippen LogP contribution in [0.15, 0.2) is 48.5 Å². The highest BCUT2D eigenvalue weighted by molar-refractivity contribution is 6.33. The quantitative estimate of drug-likeness (QED) is 0.719. The maximum atomic E-state index is 13.0. The maximum absolute atomic E-state index is 13.0. The molecule has 0 radical (unpaired) electrons. The van der Waals surface area contributed by atoms with E-state index >= 15 is 0 Å². The average Bonchev–Trinajstić information content (AvgIpc) is 2.68. The lowest BCUT2D eigenvalue weighted by Crippen LogP contribution is -2.92. The number of nitrogens with two attached hydrogens (primary N) is 1. The Morgan fingerprint density at radius 1 is 1.07 bits per heavy atom. The number of quaternary nitrogens is 1. The molecule has 3 rings (SSSR count). The Labute approximate surface area is 167 Å². The molecule has 0 aromatic heterocycles. The molecule has 2 aromatic rings. The number of hydrogen-bond donors (Lipinski definition) is 2. The number of halogens is 4. The smallest absolute Gasteiger partial charge is 0.330 e. The maximum Gasteiger partial charge on any atom is 0.416 e. The number of nitrogens with one attached hydrogen (secondary N) is 1. The van der Waals surface area contributed by atoms with Crippen LogP contribution >= 0.6 is 11.6 Å². The van der Waals surface area contributed by atoms with E-state index in [9.17, 15) is 18.0 Å². The van der Waals surface area contributed by atoms with E-state index in [2.05, 4.69) is 5.32 Å². The molecule has 1 aliphatic carbocycles. The van der Waals surface area contributed by atoms with E-state index in [-0.39, 0.29) is 16.6 Å². The first kappa shape index (κ1) is 20.7. The van der Waals surface area contributed by atoms with Crippen LogP contribution in [0.3, 0.4) is 0 Å². The van der Waals surface area contributed by atoms with Gasteiger partial charge in [-0.25, -0.2) is 0 Å². The summed E-state index contributed by atoms with van der Waals surface area (Å²) in [5, 5.41) is 4.72. The van der Waals surface area contributed by atoms with Gasteiger partial charge in [0.25, 0.3) is 5.91 Å². The van der Waals surface area contributed by atoms with Crippen LogP contribution in [0.1, 0.15) is 49.3 Å². The Morgan fingerprint density at radius 3 is 2.39 bits per heavy atom. The molecule has 0 unspecified atom stereocenters. The molecule has 1 amide bonds. The fraction of sp³-hybridized carbons (Fsp3) is 0.381. The minimum Gasteiger partial charge on any atom is -0.330 e. The third-order valence-corrected chi connectivity index (χ3v) is 5.44. The first-order valence-electron chi connectivity index (χ1n) is 9.42. The molecule has 7 heteroatoms. The Balaban J connectivity index is 1.83. The van der Waals surface area contributed by atoms with Gasteiger partial charge in [0.05, 0.1) is 22.3 Å². The number of carbonyl (C=O) groups is 1. The Hall–Kier alpha value is -2.05. The molecule has 3 nitrogen and oxygen atoms in total. The summed E-state index contributed by atoms with van der Waals surface area (Å²) in [4.78, 5) is 13.0. The molecule has 0 heterocycles. The number of rotatable bonds is 5. The van der Waals surface area contributed by atoms with Gasteiger partial charge in [-0.3, -0.25) is 4.79 Å². The number of hydrogen-bond acceptors (Lipinski definition) is 1. The van der Waals surface area contributed by atoms with Crippen LogP contribution < -0.4 is 10.6 Å². The first-order chi connectivity index (χ1) is 13.3. The lowest BCUT2D eigenvalue weighted by molar-refractivity contribution is -0.717. The SMILES string of the molecule is O=C(Nc1cc(C(F)(F)F)ccc1Cl)[C@@H]([NH2+]C1CCCCC1)c1ccccc1. The number of benzene rings is 2. The van der Waals surface area contributed by atoms with E-state index in [1.807, 2.05) is 35.6 Å². The molecule has 1 aliphatic rings. The summed E-state index contributed by atoms with van der Waals surface area (Å²) in [7, 11) is 0. The summed E-state index contributed by atoms with van der Waals surface area (Å²) >= 11 is 6.04. The van der Waals surface area contributed by atoms with E-state index in [1.165, 1.54) is 6.42 Å². The standard InChI is InChI=1S/C21H22ClF3N2O/c22-17-12-11-15(21(23,24)25)13-18(17)27-20(28)19(14-7-3-1-4-8-14)26-16-9-5-2-6-10-16/h1,3-4,7-8,11-13,16,19,26H,2,5-6,9-10H2,(H,27,28)/p+1/t19-/m0/s1. The van der Waals surface area contributed by atoms with E-state index < -0.39 is 17.8 Å². The third-order valence-electron chi connectivity index (χ3n) is 5.11. The monoisotopic (exact) mass is 411 g/mol. The fourth-order valence-corrected chi connectivity index (χ4v) is 3.78. The van der Waals surface area contributed by atoms with Crippen LogP contribution in [0, 0.1) is 0 Å². The minimum atomic E-state index is -4.50. The molecule has 28 heavy (non-hydrogen) atoms. The second-order valence-electron chi connectivity index (χ2n) is 7.16. The zero-order valence-corrected chi connectivity index (χ0v) is 16.1. The van der Waals surface area contributed by atoms with Gasteiger partial charge in [-0.1, -0.05) is 48.4 Å². The van der Waals surface area contributed by atoms with E-state index in [0.29, 0.717) is 6.04 Å². The first-order valence-corrected chi connectivity index (χ1v) is 9.80. The predicted octanol–water partition coefficient (Wildman–Crippen LogP) is 4.93. The summed E-state index contributed by atoms with van der Waals surface area (Å²) < 4.78 is 39.0. The summed E-state index contributed by atoms with van der Waals surface area (Å²) in [6, 6.07) is 12.0. The second-order valence-corrected chi connectivity index (χ2v) is 7.57. The molecule has 0 saturated heterocycles. The van der Waals surface area contributed by atoms with E-state index in [4.69, 9.17) is 11.6 Å². The van der Waals surface area contributed by atoms with Gasteiger partial charge in [0, 0.05) is 5.56 Å². The van der Waals surface area contributed by atoms with Gasteiger partial charge >= 0.3 is 6.18 Å². The molecule has 1 atom stereocenters. The summed E-state index contributed by atoms with van der Waals surface area (Å²) in [6.07, 6.45) is 1.01. The van der Waals surface area contributed by atoms with Gasteiger partial charge in [0.15, 0.2) is 6.04 Å². The molecular formula is C21H23ClF3N2O+. The lowest BCUT2D eigenvalue weighted by atomic mass is 9.93. The summed E-state index contributed by atoms with van der Waals surface area (Å²) in [5.74, 6) is -0.377. The molecule has 0 spiro atoms. The van der Waals surface area contributed by atoms with E-state index in [1.54, 1.807) is 0 Å². The topological polar surface area (TPSA) is 45.7 Å². The van der Waals surface area contributed by atoms with Gasteiger partial charge in [0.1, 0.15) is 0 Å². The average molecular weight is 412 g/mol. The van der Waals surface area contributed by atoms with Crippen LogP contribution in [-0.4, -0.2) is 11.9 Å². The van der Waals surface area contributed by atoms with Crippen molar-refractivity contribution in [2.45, 2.75) is 50.4 Å². The van der Waals surface area contributed by atoms with Gasteiger partial charge in [-0.05, 0) is 43.9 Å². The molecular weight excluding hydrogens is 389 g/mol. The normalized spacial score (nSPS) is 16.6. The molecule has 0 aliphatic heterocycles.